The lowest BCUT2D eigenvalue weighted by Crippen LogP contribution is -2.13. The van der Waals surface area contributed by atoms with Crippen molar-refractivity contribution in [3.05, 3.63) is 70.3 Å². The number of anilines is 1. The Labute approximate surface area is 179 Å². The zero-order valence-corrected chi connectivity index (χ0v) is 17.4. The average molecular weight is 438 g/mol. The van der Waals surface area contributed by atoms with Crippen LogP contribution < -0.4 is 5.32 Å². The lowest BCUT2D eigenvalue weighted by Gasteiger charge is -2.03. The largest absolute Gasteiger partial charge is 0.301 e. The summed E-state index contributed by atoms with van der Waals surface area (Å²) in [6.45, 7) is 2.01. The normalized spacial score (nSPS) is 10.8. The van der Waals surface area contributed by atoms with Gasteiger partial charge in [-0.25, -0.2) is 4.98 Å². The van der Waals surface area contributed by atoms with Gasteiger partial charge in [0.1, 0.15) is 5.03 Å². The van der Waals surface area contributed by atoms with E-state index in [0.717, 1.165) is 15.8 Å². The molecule has 2 heterocycles. The molecule has 30 heavy (non-hydrogen) atoms. The molecule has 1 amide bonds. The fourth-order valence-electron chi connectivity index (χ4n) is 2.71. The number of amides is 1. The highest BCUT2D eigenvalue weighted by Crippen LogP contribution is 2.27. The molecule has 0 atom stereocenters. The maximum absolute atomic E-state index is 12.2. The number of nitro groups is 1. The van der Waals surface area contributed by atoms with Crippen LogP contribution in [0.25, 0.3) is 21.5 Å². The van der Waals surface area contributed by atoms with Crippen molar-refractivity contribution < 1.29 is 9.72 Å². The fourth-order valence-corrected chi connectivity index (χ4v) is 4.30. The highest BCUT2D eigenvalue weighted by atomic mass is 32.2. The molecule has 0 spiro atoms. The number of thiazole rings is 1. The van der Waals surface area contributed by atoms with Crippen molar-refractivity contribution in [1.29, 1.82) is 0 Å². The summed E-state index contributed by atoms with van der Waals surface area (Å²) < 4.78 is 1.03. The van der Waals surface area contributed by atoms with Gasteiger partial charge in [-0.3, -0.25) is 14.9 Å². The Hall–Kier alpha value is -3.37. The van der Waals surface area contributed by atoms with Crippen LogP contribution in [0, 0.1) is 17.0 Å². The minimum absolute atomic E-state index is 0.00516. The molecule has 0 aliphatic carbocycles. The topological polar surface area (TPSA) is 111 Å². The first-order chi connectivity index (χ1) is 14.5. The second-order valence-corrected chi connectivity index (χ2v) is 8.42. The van der Waals surface area contributed by atoms with E-state index in [4.69, 9.17) is 0 Å². The molecule has 10 heteroatoms. The molecule has 1 N–H and O–H groups in total. The molecular formula is C20H15N5O3S2. The zero-order valence-electron chi connectivity index (χ0n) is 15.7. The number of fused-ring (bicyclic) bond motifs is 1. The van der Waals surface area contributed by atoms with E-state index < -0.39 is 4.92 Å². The molecule has 0 radical (unpaired) electrons. The Kier molecular flexibility index (Phi) is 5.68. The lowest BCUT2D eigenvalue weighted by atomic mass is 10.1. The van der Waals surface area contributed by atoms with Crippen molar-refractivity contribution in [3.63, 3.8) is 0 Å². The summed E-state index contributed by atoms with van der Waals surface area (Å²) >= 11 is 2.69. The third kappa shape index (κ3) is 4.61. The molecule has 0 unspecified atom stereocenters. The summed E-state index contributed by atoms with van der Waals surface area (Å²) in [4.78, 5) is 27.1. The van der Waals surface area contributed by atoms with Crippen molar-refractivity contribution >= 4 is 50.0 Å². The fraction of sp³-hybridized carbons (Fsp3) is 0.100. The van der Waals surface area contributed by atoms with Gasteiger partial charge in [-0.2, -0.15) is 0 Å². The number of nitrogens with zero attached hydrogens (tertiary/aromatic N) is 4. The number of hydrogen-bond acceptors (Lipinski definition) is 8. The van der Waals surface area contributed by atoms with Crippen LogP contribution in [0.3, 0.4) is 0 Å². The summed E-state index contributed by atoms with van der Waals surface area (Å²) in [5.74, 6) is -0.0138. The van der Waals surface area contributed by atoms with E-state index in [1.807, 2.05) is 25.1 Å². The van der Waals surface area contributed by atoms with E-state index >= 15 is 0 Å². The maximum Gasteiger partial charge on any atom is 0.270 e. The molecule has 8 nitrogen and oxygen atoms in total. The Balaban J connectivity index is 1.37. The van der Waals surface area contributed by atoms with Gasteiger partial charge in [0.2, 0.25) is 5.91 Å². The predicted molar refractivity (Wildman–Crippen MR) is 118 cm³/mol. The Morgan fingerprint density at radius 1 is 1.17 bits per heavy atom. The van der Waals surface area contributed by atoms with Gasteiger partial charge in [0.05, 0.1) is 26.6 Å². The van der Waals surface area contributed by atoms with E-state index in [0.29, 0.717) is 21.4 Å². The van der Waals surface area contributed by atoms with Crippen LogP contribution in [-0.4, -0.2) is 31.8 Å². The molecule has 0 saturated carbocycles. The Morgan fingerprint density at radius 3 is 2.80 bits per heavy atom. The van der Waals surface area contributed by atoms with Gasteiger partial charge < -0.3 is 5.32 Å². The minimum atomic E-state index is -0.452. The van der Waals surface area contributed by atoms with Crippen molar-refractivity contribution in [3.8, 4) is 11.3 Å². The molecule has 0 bridgehead atoms. The first kappa shape index (κ1) is 19.9. The van der Waals surface area contributed by atoms with Gasteiger partial charge in [0.25, 0.3) is 5.69 Å². The molecule has 4 aromatic rings. The number of thioether (sulfide) groups is 1. The summed E-state index contributed by atoms with van der Waals surface area (Å²) in [7, 11) is 0. The molecule has 0 saturated heterocycles. The van der Waals surface area contributed by atoms with Crippen LogP contribution in [0.1, 0.15) is 5.56 Å². The van der Waals surface area contributed by atoms with Crippen LogP contribution in [0.4, 0.5) is 10.8 Å². The van der Waals surface area contributed by atoms with Gasteiger partial charge in [-0.15, -0.1) is 10.2 Å². The molecule has 2 aromatic heterocycles. The number of non-ortho nitro benzene ring substituents is 1. The van der Waals surface area contributed by atoms with Crippen LogP contribution in [0.15, 0.2) is 59.6 Å². The number of nitro benzene ring substituents is 1. The number of nitrogens with one attached hydrogen (secondary N) is 1. The summed E-state index contributed by atoms with van der Waals surface area (Å²) in [6, 6.07) is 15.6. The number of carbonyl (C=O) groups excluding carboxylic acids is 1. The van der Waals surface area contributed by atoms with Gasteiger partial charge in [0, 0.05) is 17.7 Å². The van der Waals surface area contributed by atoms with E-state index in [-0.39, 0.29) is 17.3 Å². The number of benzene rings is 2. The lowest BCUT2D eigenvalue weighted by molar-refractivity contribution is -0.384. The smallest absolute Gasteiger partial charge is 0.270 e. The average Bonchev–Trinajstić information content (AvgIpc) is 3.14. The second-order valence-electron chi connectivity index (χ2n) is 6.39. The number of aryl methyl sites for hydroxylation is 1. The highest BCUT2D eigenvalue weighted by Gasteiger charge is 2.11. The van der Waals surface area contributed by atoms with Gasteiger partial charge in [-0.05, 0) is 36.8 Å². The summed E-state index contributed by atoms with van der Waals surface area (Å²) in [6.07, 6.45) is 0. The number of carbonyl (C=O) groups is 1. The van der Waals surface area contributed by atoms with Gasteiger partial charge in [0.15, 0.2) is 5.13 Å². The first-order valence-corrected chi connectivity index (χ1v) is 10.7. The maximum atomic E-state index is 12.2. The van der Waals surface area contributed by atoms with Crippen LogP contribution in [0.2, 0.25) is 0 Å². The molecule has 0 fully saturated rings. The van der Waals surface area contributed by atoms with Crippen molar-refractivity contribution in [2.45, 2.75) is 11.9 Å². The molecule has 150 valence electrons. The standard InChI is InChI=1S/C20H15N5O3S2/c1-12-5-6-16-17(9-12)30-20(21-16)22-18(26)11-29-19-8-7-15(23-24-19)13-3-2-4-14(10-13)25(27)28/h2-10H,11H2,1H3,(H,21,22,26). The molecule has 4 rings (SSSR count). The number of rotatable bonds is 6. The second kappa shape index (κ2) is 8.56. The van der Waals surface area contributed by atoms with Crippen LogP contribution in [-0.2, 0) is 4.79 Å². The monoisotopic (exact) mass is 437 g/mol. The molecule has 0 aliphatic rings. The van der Waals surface area contributed by atoms with Crippen molar-refractivity contribution in [1.82, 2.24) is 15.2 Å². The molecular weight excluding hydrogens is 422 g/mol. The predicted octanol–water partition coefficient (Wildman–Crippen LogP) is 4.70. The summed E-state index contributed by atoms with van der Waals surface area (Å²) in [5, 5.41) is 23.1. The first-order valence-electron chi connectivity index (χ1n) is 8.86. The quantitative estimate of drug-likeness (QED) is 0.264. The third-order valence-corrected chi connectivity index (χ3v) is 5.99. The van der Waals surface area contributed by atoms with E-state index in [1.165, 1.54) is 35.2 Å². The Bertz CT molecular complexity index is 1240. The van der Waals surface area contributed by atoms with E-state index in [1.54, 1.807) is 24.3 Å². The van der Waals surface area contributed by atoms with Crippen LogP contribution in [0.5, 0.6) is 0 Å². The van der Waals surface area contributed by atoms with Gasteiger partial charge >= 0.3 is 0 Å². The molecule has 2 aromatic carbocycles. The van der Waals surface area contributed by atoms with Crippen LogP contribution >= 0.6 is 23.1 Å². The van der Waals surface area contributed by atoms with Crippen molar-refractivity contribution in [2.24, 2.45) is 0 Å². The zero-order chi connectivity index (χ0) is 21.1. The Morgan fingerprint density at radius 2 is 2.03 bits per heavy atom. The van der Waals surface area contributed by atoms with Gasteiger partial charge in [-0.1, -0.05) is 41.3 Å². The highest BCUT2D eigenvalue weighted by molar-refractivity contribution is 7.99. The SMILES string of the molecule is Cc1ccc2nc(NC(=O)CSc3ccc(-c4cccc([N+](=O)[O-])c4)nn3)sc2c1. The number of hydrogen-bond donors (Lipinski definition) is 1. The summed E-state index contributed by atoms with van der Waals surface area (Å²) in [5.41, 5.74) is 3.13. The number of aromatic nitrogens is 3. The van der Waals surface area contributed by atoms with E-state index in [9.17, 15) is 14.9 Å². The molecule has 0 aliphatic heterocycles. The van der Waals surface area contributed by atoms with Crippen molar-refractivity contribution in [2.75, 3.05) is 11.1 Å². The third-order valence-electron chi connectivity index (χ3n) is 4.13. The minimum Gasteiger partial charge on any atom is -0.301 e. The van der Waals surface area contributed by atoms with E-state index in [2.05, 4.69) is 20.5 Å².